The van der Waals surface area contributed by atoms with Crippen LogP contribution in [0.2, 0.25) is 0 Å². The first-order chi connectivity index (χ1) is 8.79. The Balaban J connectivity index is 3.13. The largest absolute Gasteiger partial charge is 0.478 e. The Hall–Kier alpha value is -1.62. The number of allylic oxidation sites excluding steroid dienone is 2. The number of ether oxygens (including phenoxy) is 1. The molecule has 0 aromatic carbocycles. The van der Waals surface area contributed by atoms with Crippen molar-refractivity contribution < 1.29 is 24.5 Å². The SMILES string of the molecule is CCC(C=C(C)C(=O)O)(C=C(C)C(=O)O)CC1CO1. The highest BCUT2D eigenvalue weighted by molar-refractivity contribution is 5.87. The molecule has 0 aromatic rings. The van der Waals surface area contributed by atoms with Crippen molar-refractivity contribution in [3.05, 3.63) is 23.3 Å². The molecule has 1 atom stereocenters. The first kappa shape index (κ1) is 15.4. The van der Waals surface area contributed by atoms with Crippen LogP contribution in [0.1, 0.15) is 33.6 Å². The second-order valence-electron chi connectivity index (χ2n) is 5.01. The van der Waals surface area contributed by atoms with Crippen LogP contribution in [-0.2, 0) is 14.3 Å². The number of hydrogen-bond donors (Lipinski definition) is 2. The molecule has 1 aliphatic rings. The quantitative estimate of drug-likeness (QED) is 0.546. The van der Waals surface area contributed by atoms with E-state index in [1.54, 1.807) is 12.2 Å². The Morgan fingerprint density at radius 3 is 1.89 bits per heavy atom. The van der Waals surface area contributed by atoms with E-state index in [1.807, 2.05) is 6.92 Å². The second-order valence-corrected chi connectivity index (χ2v) is 5.01. The minimum absolute atomic E-state index is 0.0932. The molecule has 5 nitrogen and oxygen atoms in total. The molecule has 1 saturated heterocycles. The van der Waals surface area contributed by atoms with E-state index < -0.39 is 17.4 Å². The molecular weight excluding hydrogens is 248 g/mol. The fourth-order valence-corrected chi connectivity index (χ4v) is 2.10. The number of carbonyl (C=O) groups is 2. The molecule has 0 aromatic heterocycles. The highest BCUT2D eigenvalue weighted by Gasteiger charge is 2.35. The maximum Gasteiger partial charge on any atom is 0.330 e. The molecule has 1 fully saturated rings. The molecule has 0 saturated carbocycles. The van der Waals surface area contributed by atoms with E-state index in [9.17, 15) is 9.59 Å². The summed E-state index contributed by atoms with van der Waals surface area (Å²) in [5, 5.41) is 18.0. The zero-order valence-corrected chi connectivity index (χ0v) is 11.5. The van der Waals surface area contributed by atoms with Gasteiger partial charge in [0.15, 0.2) is 0 Å². The van der Waals surface area contributed by atoms with Crippen LogP contribution >= 0.6 is 0 Å². The summed E-state index contributed by atoms with van der Waals surface area (Å²) in [5.74, 6) is -1.98. The van der Waals surface area contributed by atoms with E-state index in [0.29, 0.717) is 19.4 Å². The zero-order valence-electron chi connectivity index (χ0n) is 11.5. The average Bonchev–Trinajstić information content (AvgIpc) is 3.12. The lowest BCUT2D eigenvalue weighted by Crippen LogP contribution is -2.20. The second kappa shape index (κ2) is 6.02. The van der Waals surface area contributed by atoms with Gasteiger partial charge in [0.25, 0.3) is 0 Å². The zero-order chi connectivity index (χ0) is 14.6. The van der Waals surface area contributed by atoms with E-state index in [2.05, 4.69) is 0 Å². The van der Waals surface area contributed by atoms with Gasteiger partial charge in [-0.1, -0.05) is 19.1 Å². The molecule has 1 rings (SSSR count). The molecule has 106 valence electrons. The topological polar surface area (TPSA) is 87.1 Å². The Labute approximate surface area is 112 Å². The predicted molar refractivity (Wildman–Crippen MR) is 69.9 cm³/mol. The van der Waals surface area contributed by atoms with Crippen molar-refractivity contribution >= 4 is 11.9 Å². The van der Waals surface area contributed by atoms with Gasteiger partial charge in [-0.25, -0.2) is 9.59 Å². The summed E-state index contributed by atoms with van der Waals surface area (Å²) in [4.78, 5) is 22.0. The molecule has 1 unspecified atom stereocenters. The molecule has 5 heteroatoms. The van der Waals surface area contributed by atoms with E-state index >= 15 is 0 Å². The Bertz CT molecular complexity index is 399. The smallest absolute Gasteiger partial charge is 0.330 e. The number of carboxylic acids is 2. The average molecular weight is 268 g/mol. The van der Waals surface area contributed by atoms with Gasteiger partial charge in [0.05, 0.1) is 12.7 Å². The standard InChI is InChI=1S/C14H20O5/c1-4-14(7-11-8-19-11,5-9(2)12(15)16)6-10(3)13(17)18/h5-6,11H,4,7-8H2,1-3H3,(H,15,16)(H,17,18). The highest BCUT2D eigenvalue weighted by Crippen LogP contribution is 2.38. The molecule has 0 spiro atoms. The van der Waals surface area contributed by atoms with Crippen LogP contribution in [-0.4, -0.2) is 34.9 Å². The number of carboxylic acid groups (broad SMARTS) is 2. The lowest BCUT2D eigenvalue weighted by molar-refractivity contribution is -0.133. The minimum atomic E-state index is -0.990. The number of hydrogen-bond acceptors (Lipinski definition) is 3. The summed E-state index contributed by atoms with van der Waals surface area (Å²) in [6, 6.07) is 0. The molecular formula is C14H20O5. The van der Waals surface area contributed by atoms with Crippen LogP contribution in [0.5, 0.6) is 0 Å². The normalized spacial score (nSPS) is 22.8. The van der Waals surface area contributed by atoms with E-state index in [4.69, 9.17) is 14.9 Å². The van der Waals surface area contributed by atoms with E-state index in [-0.39, 0.29) is 17.3 Å². The van der Waals surface area contributed by atoms with Crippen LogP contribution in [0.3, 0.4) is 0 Å². The fourth-order valence-electron chi connectivity index (χ4n) is 2.10. The summed E-state index contributed by atoms with van der Waals surface area (Å²) in [6.45, 7) is 5.61. The van der Waals surface area contributed by atoms with Gasteiger partial charge in [0.2, 0.25) is 0 Å². The maximum absolute atomic E-state index is 11.0. The van der Waals surface area contributed by atoms with Crippen molar-refractivity contribution in [2.75, 3.05) is 6.61 Å². The van der Waals surface area contributed by atoms with Gasteiger partial charge in [-0.2, -0.15) is 0 Å². The van der Waals surface area contributed by atoms with Crippen molar-refractivity contribution in [1.29, 1.82) is 0 Å². The van der Waals surface area contributed by atoms with Crippen LogP contribution in [0.4, 0.5) is 0 Å². The van der Waals surface area contributed by atoms with Crippen LogP contribution in [0.25, 0.3) is 0 Å². The monoisotopic (exact) mass is 268 g/mol. The predicted octanol–water partition coefficient (Wildman–Crippen LogP) is 2.23. The van der Waals surface area contributed by atoms with E-state index in [0.717, 1.165) is 0 Å². The minimum Gasteiger partial charge on any atom is -0.478 e. The molecule has 0 bridgehead atoms. The van der Waals surface area contributed by atoms with Gasteiger partial charge in [0.1, 0.15) is 0 Å². The van der Waals surface area contributed by atoms with Gasteiger partial charge in [-0.05, 0) is 26.7 Å². The third-order valence-corrected chi connectivity index (χ3v) is 3.35. The van der Waals surface area contributed by atoms with E-state index in [1.165, 1.54) is 13.8 Å². The van der Waals surface area contributed by atoms with Crippen molar-refractivity contribution in [2.45, 2.75) is 39.7 Å². The summed E-state index contributed by atoms with van der Waals surface area (Å²) in [7, 11) is 0. The Kier molecular flexibility index (Phi) is 4.89. The van der Waals surface area contributed by atoms with Gasteiger partial charge in [0, 0.05) is 16.6 Å². The summed E-state index contributed by atoms with van der Waals surface area (Å²) >= 11 is 0. The molecule has 1 heterocycles. The molecule has 0 amide bonds. The highest BCUT2D eigenvalue weighted by atomic mass is 16.6. The summed E-state index contributed by atoms with van der Waals surface area (Å²) < 4.78 is 5.20. The Morgan fingerprint density at radius 2 is 1.63 bits per heavy atom. The summed E-state index contributed by atoms with van der Waals surface area (Å²) in [6.07, 6.45) is 4.61. The molecule has 1 aliphatic heterocycles. The maximum atomic E-state index is 11.0. The first-order valence-electron chi connectivity index (χ1n) is 6.27. The van der Waals surface area contributed by atoms with Gasteiger partial charge < -0.3 is 14.9 Å². The molecule has 0 radical (unpaired) electrons. The molecule has 2 N–H and O–H groups in total. The van der Waals surface area contributed by atoms with Crippen molar-refractivity contribution in [1.82, 2.24) is 0 Å². The van der Waals surface area contributed by atoms with Crippen molar-refractivity contribution in [2.24, 2.45) is 5.41 Å². The van der Waals surface area contributed by atoms with Gasteiger partial charge >= 0.3 is 11.9 Å². The molecule has 0 aliphatic carbocycles. The third kappa shape index (κ3) is 4.52. The number of rotatable bonds is 7. The lowest BCUT2D eigenvalue weighted by Gasteiger charge is -2.26. The third-order valence-electron chi connectivity index (χ3n) is 3.35. The Morgan fingerprint density at radius 1 is 1.21 bits per heavy atom. The van der Waals surface area contributed by atoms with Crippen molar-refractivity contribution in [3.63, 3.8) is 0 Å². The first-order valence-corrected chi connectivity index (χ1v) is 6.27. The number of epoxide rings is 1. The number of aliphatic carboxylic acids is 2. The van der Waals surface area contributed by atoms with Crippen LogP contribution < -0.4 is 0 Å². The summed E-state index contributed by atoms with van der Waals surface area (Å²) in [5.41, 5.74) is -0.138. The van der Waals surface area contributed by atoms with Crippen LogP contribution in [0.15, 0.2) is 23.3 Å². The van der Waals surface area contributed by atoms with Gasteiger partial charge in [-0.3, -0.25) is 0 Å². The van der Waals surface area contributed by atoms with Crippen molar-refractivity contribution in [3.8, 4) is 0 Å². The lowest BCUT2D eigenvalue weighted by atomic mass is 9.77. The van der Waals surface area contributed by atoms with Gasteiger partial charge in [-0.15, -0.1) is 0 Å². The fraction of sp³-hybridized carbons (Fsp3) is 0.571. The molecule has 19 heavy (non-hydrogen) atoms. The van der Waals surface area contributed by atoms with Crippen LogP contribution in [0, 0.1) is 5.41 Å².